The number of carboxylic acids is 1. The molecule has 1 aliphatic heterocycles. The molecular formula is C33H39N5O5S. The summed E-state index contributed by atoms with van der Waals surface area (Å²) < 4.78 is 5.23. The Morgan fingerprint density at radius 2 is 1.91 bits per heavy atom. The second kappa shape index (κ2) is 14.1. The van der Waals surface area contributed by atoms with E-state index in [9.17, 15) is 19.8 Å². The summed E-state index contributed by atoms with van der Waals surface area (Å²) in [6.07, 6.45) is 2.79. The number of pyridine rings is 1. The molecule has 10 nitrogen and oxygen atoms in total. The summed E-state index contributed by atoms with van der Waals surface area (Å²) in [5, 5.41) is 27.5. The van der Waals surface area contributed by atoms with Crippen molar-refractivity contribution in [3.05, 3.63) is 81.7 Å². The Bertz CT molecular complexity index is 1620. The summed E-state index contributed by atoms with van der Waals surface area (Å²) in [6.45, 7) is 4.48. The Hall–Kier alpha value is -4.19. The lowest BCUT2D eigenvalue weighted by Gasteiger charge is -2.34. The summed E-state index contributed by atoms with van der Waals surface area (Å²) in [7, 11) is 1.61. The predicted octanol–water partition coefficient (Wildman–Crippen LogP) is 4.76. The van der Waals surface area contributed by atoms with Crippen molar-refractivity contribution < 1.29 is 24.5 Å². The number of hydrogen-bond donors (Lipinski definition) is 5. The zero-order valence-electron chi connectivity index (χ0n) is 25.0. The molecule has 1 atom stereocenters. The van der Waals surface area contributed by atoms with Crippen molar-refractivity contribution in [1.29, 1.82) is 0 Å². The predicted molar refractivity (Wildman–Crippen MR) is 174 cm³/mol. The van der Waals surface area contributed by atoms with Crippen molar-refractivity contribution in [2.45, 2.75) is 51.3 Å². The van der Waals surface area contributed by atoms with Crippen molar-refractivity contribution in [1.82, 2.24) is 15.6 Å². The minimum absolute atomic E-state index is 0.144. The van der Waals surface area contributed by atoms with Crippen LogP contribution in [0.4, 0.5) is 11.5 Å². The Morgan fingerprint density at radius 1 is 1.16 bits per heavy atom. The van der Waals surface area contributed by atoms with E-state index < -0.39 is 12.1 Å². The van der Waals surface area contributed by atoms with E-state index in [4.69, 9.17) is 15.5 Å². The summed E-state index contributed by atoms with van der Waals surface area (Å²) in [4.78, 5) is 32.1. The second-order valence-corrected chi connectivity index (χ2v) is 12.1. The molecule has 0 spiro atoms. The number of anilines is 2. The van der Waals surface area contributed by atoms with Gasteiger partial charge in [-0.1, -0.05) is 37.6 Å². The van der Waals surface area contributed by atoms with E-state index in [1.807, 2.05) is 24.3 Å². The molecule has 4 aromatic rings. The molecule has 2 aromatic carbocycles. The fraction of sp³-hybridized carbons (Fsp3) is 0.364. The SMILES string of the molecule is CCCc1cc(N2CCC(NCC(O)c3ccc(C(=O)NCc4cccc(OC)c4)cc3)CC2)nc2sc(C(=O)O)c(N)c12. The Labute approximate surface area is 260 Å². The quantitative estimate of drug-likeness (QED) is 0.152. The van der Waals surface area contributed by atoms with Crippen LogP contribution in [-0.4, -0.2) is 59.9 Å². The highest BCUT2D eigenvalue weighted by molar-refractivity contribution is 7.21. The van der Waals surface area contributed by atoms with Gasteiger partial charge in [0.1, 0.15) is 21.3 Å². The molecule has 1 saturated heterocycles. The van der Waals surface area contributed by atoms with E-state index in [0.717, 1.165) is 83.8 Å². The van der Waals surface area contributed by atoms with Gasteiger partial charge in [0.2, 0.25) is 0 Å². The summed E-state index contributed by atoms with van der Waals surface area (Å²) >= 11 is 1.14. The number of benzene rings is 2. The van der Waals surface area contributed by atoms with E-state index >= 15 is 0 Å². The van der Waals surface area contributed by atoms with E-state index in [-0.39, 0.29) is 16.8 Å². The van der Waals surface area contributed by atoms with E-state index in [2.05, 4.69) is 28.5 Å². The van der Waals surface area contributed by atoms with E-state index in [1.165, 1.54) is 0 Å². The highest BCUT2D eigenvalue weighted by Gasteiger charge is 2.24. The number of carbonyl (C=O) groups excluding carboxylic acids is 1. The number of nitrogen functional groups attached to an aromatic ring is 1. The number of aliphatic hydroxyl groups is 1. The average molecular weight is 618 g/mol. The first kappa shape index (κ1) is 31.2. The largest absolute Gasteiger partial charge is 0.497 e. The van der Waals surface area contributed by atoms with E-state index in [1.54, 1.807) is 31.4 Å². The number of piperidine rings is 1. The molecule has 1 aliphatic rings. The van der Waals surface area contributed by atoms with Crippen molar-refractivity contribution >= 4 is 44.9 Å². The van der Waals surface area contributed by atoms with Crippen LogP contribution in [0.5, 0.6) is 5.75 Å². The first-order valence-electron chi connectivity index (χ1n) is 14.9. The number of aromatic nitrogens is 1. The number of ether oxygens (including phenoxy) is 1. The normalized spacial score (nSPS) is 14.5. The number of nitrogens with zero attached hydrogens (tertiary/aromatic N) is 2. The van der Waals surface area contributed by atoms with Gasteiger partial charge in [-0.05, 0) is 66.3 Å². The molecule has 6 N–H and O–H groups in total. The van der Waals surface area contributed by atoms with E-state index in [0.29, 0.717) is 29.2 Å². The van der Waals surface area contributed by atoms with Crippen molar-refractivity contribution in [2.75, 3.05) is 37.4 Å². The fourth-order valence-corrected chi connectivity index (χ4v) is 6.58. The number of nitrogens with two attached hydrogens (primary N) is 1. The molecule has 1 fully saturated rings. The van der Waals surface area contributed by atoms with Gasteiger partial charge in [-0.15, -0.1) is 11.3 Å². The molecule has 232 valence electrons. The van der Waals surface area contributed by atoms with Gasteiger partial charge in [0, 0.05) is 43.2 Å². The van der Waals surface area contributed by atoms with Crippen LogP contribution in [0, 0.1) is 0 Å². The zero-order chi connectivity index (χ0) is 31.2. The number of carboxylic acid groups (broad SMARTS) is 1. The number of hydrogen-bond acceptors (Lipinski definition) is 9. The number of aryl methyl sites for hydroxylation is 1. The standard InChI is InChI=1S/C33H39N5O5S/c1-3-5-23-17-27(37-32-28(23)29(34)30(44-32)33(41)42)38-14-12-24(13-15-38)35-19-26(39)21-8-10-22(11-9-21)31(40)36-18-20-6-4-7-25(16-20)43-2/h4,6-11,16-17,24,26,35,39H,3,5,12-15,18-19,34H2,1-2H3,(H,36,40)(H,41,42). The lowest BCUT2D eigenvalue weighted by atomic mass is 10.0. The van der Waals surface area contributed by atoms with Crippen LogP contribution < -0.4 is 26.0 Å². The minimum Gasteiger partial charge on any atom is -0.497 e. The number of rotatable bonds is 12. The Balaban J connectivity index is 1.12. The van der Waals surface area contributed by atoms with Gasteiger partial charge in [0.15, 0.2) is 0 Å². The molecule has 0 bridgehead atoms. The van der Waals surface area contributed by atoms with Gasteiger partial charge in [-0.25, -0.2) is 9.78 Å². The van der Waals surface area contributed by atoms with Crippen molar-refractivity contribution in [2.24, 2.45) is 0 Å². The first-order valence-corrected chi connectivity index (χ1v) is 15.7. The number of methoxy groups -OCH3 is 1. The van der Waals surface area contributed by atoms with Crippen molar-refractivity contribution in [3.63, 3.8) is 0 Å². The lowest BCUT2D eigenvalue weighted by Crippen LogP contribution is -2.44. The highest BCUT2D eigenvalue weighted by atomic mass is 32.1. The third-order valence-corrected chi connectivity index (χ3v) is 9.13. The van der Waals surface area contributed by atoms with Crippen LogP contribution in [0.1, 0.15) is 69.0 Å². The molecule has 0 saturated carbocycles. The number of amides is 1. The highest BCUT2D eigenvalue weighted by Crippen LogP contribution is 2.37. The van der Waals surface area contributed by atoms with Crippen LogP contribution in [0.2, 0.25) is 0 Å². The number of thiophene rings is 1. The average Bonchev–Trinajstić information content (AvgIpc) is 3.39. The first-order chi connectivity index (χ1) is 21.3. The van der Waals surface area contributed by atoms with Gasteiger partial charge in [0.05, 0.1) is 18.9 Å². The van der Waals surface area contributed by atoms with Gasteiger partial charge in [-0.2, -0.15) is 0 Å². The maximum atomic E-state index is 12.6. The molecule has 2 aromatic heterocycles. The number of nitrogens with one attached hydrogen (secondary N) is 2. The molecule has 0 radical (unpaired) electrons. The summed E-state index contributed by atoms with van der Waals surface area (Å²) in [6, 6.07) is 16.9. The molecule has 11 heteroatoms. The molecule has 1 unspecified atom stereocenters. The molecular weight excluding hydrogens is 578 g/mol. The molecule has 5 rings (SSSR count). The Morgan fingerprint density at radius 3 is 2.59 bits per heavy atom. The molecule has 1 amide bonds. The third-order valence-electron chi connectivity index (χ3n) is 8.04. The van der Waals surface area contributed by atoms with Crippen LogP contribution in [0.25, 0.3) is 10.2 Å². The number of fused-ring (bicyclic) bond motifs is 1. The molecule has 3 heterocycles. The van der Waals surface area contributed by atoms with Crippen LogP contribution in [0.15, 0.2) is 54.6 Å². The maximum absolute atomic E-state index is 12.6. The number of aromatic carboxylic acids is 1. The monoisotopic (exact) mass is 617 g/mol. The van der Waals surface area contributed by atoms with Gasteiger partial charge in [0.25, 0.3) is 5.91 Å². The molecule has 44 heavy (non-hydrogen) atoms. The Kier molecular flexibility index (Phi) is 9.99. The van der Waals surface area contributed by atoms with Crippen LogP contribution in [0.3, 0.4) is 0 Å². The third kappa shape index (κ3) is 7.12. The van der Waals surface area contributed by atoms with Gasteiger partial charge >= 0.3 is 5.97 Å². The number of carbonyl (C=O) groups is 2. The van der Waals surface area contributed by atoms with Crippen molar-refractivity contribution in [3.8, 4) is 5.75 Å². The second-order valence-electron chi connectivity index (χ2n) is 11.1. The molecule has 0 aliphatic carbocycles. The zero-order valence-corrected chi connectivity index (χ0v) is 25.8. The van der Waals surface area contributed by atoms with Gasteiger partial charge in [-0.3, -0.25) is 4.79 Å². The topological polar surface area (TPSA) is 150 Å². The van der Waals surface area contributed by atoms with Gasteiger partial charge < -0.3 is 36.2 Å². The fourth-order valence-electron chi connectivity index (χ4n) is 5.60. The smallest absolute Gasteiger partial charge is 0.348 e. The van der Waals surface area contributed by atoms with Crippen LogP contribution in [-0.2, 0) is 13.0 Å². The minimum atomic E-state index is -1.02. The van der Waals surface area contributed by atoms with Crippen LogP contribution >= 0.6 is 11.3 Å². The lowest BCUT2D eigenvalue weighted by molar-refractivity contribution is 0.0703. The summed E-state index contributed by atoms with van der Waals surface area (Å²) in [5.41, 5.74) is 9.78. The summed E-state index contributed by atoms with van der Waals surface area (Å²) in [5.74, 6) is 0.390. The maximum Gasteiger partial charge on any atom is 0.348 e. The number of aliphatic hydroxyl groups excluding tert-OH is 1.